The molecule has 20 heavy (non-hydrogen) atoms. The van der Waals surface area contributed by atoms with Crippen molar-refractivity contribution >= 4 is 16.0 Å². The lowest BCUT2D eigenvalue weighted by Gasteiger charge is -2.18. The molecule has 6 heteroatoms. The van der Waals surface area contributed by atoms with Crippen molar-refractivity contribution in [1.29, 1.82) is 0 Å². The van der Waals surface area contributed by atoms with Crippen LogP contribution in [0.3, 0.4) is 0 Å². The minimum Gasteiger partial charge on any atom is -0.465 e. The molecule has 0 aromatic heterocycles. The maximum absolute atomic E-state index is 12.4. The number of ether oxygens (including phenoxy) is 1. The molecule has 1 rings (SSSR count). The minimum atomic E-state index is -3.66. The third kappa shape index (κ3) is 3.80. The molecule has 0 saturated heterocycles. The van der Waals surface area contributed by atoms with E-state index in [1.54, 1.807) is 19.1 Å². The molecule has 0 unspecified atom stereocenters. The highest BCUT2D eigenvalue weighted by Crippen LogP contribution is 2.19. The molecule has 0 amide bonds. The number of carbonyl (C=O) groups is 1. The summed E-state index contributed by atoms with van der Waals surface area (Å²) in [5.41, 5.74) is 0.803. The van der Waals surface area contributed by atoms with E-state index in [1.807, 2.05) is 20.8 Å². The lowest BCUT2D eigenvalue weighted by molar-refractivity contribution is 0.0600. The lowest BCUT2D eigenvalue weighted by Crippen LogP contribution is -2.36. The third-order valence-corrected chi connectivity index (χ3v) is 4.94. The highest BCUT2D eigenvalue weighted by atomic mass is 32.2. The zero-order chi connectivity index (χ0) is 15.5. The van der Waals surface area contributed by atoms with Crippen LogP contribution in [0.15, 0.2) is 23.1 Å². The monoisotopic (exact) mass is 299 g/mol. The summed E-state index contributed by atoms with van der Waals surface area (Å²) in [5.74, 6) is -0.382. The summed E-state index contributed by atoms with van der Waals surface area (Å²) in [5, 5.41) is 0. The topological polar surface area (TPSA) is 72.5 Å². The van der Waals surface area contributed by atoms with Crippen molar-refractivity contribution in [1.82, 2.24) is 4.72 Å². The normalized spacial score (nSPS) is 13.3. The van der Waals surface area contributed by atoms with Gasteiger partial charge in [0, 0.05) is 6.04 Å². The molecule has 0 aliphatic heterocycles. The van der Waals surface area contributed by atoms with Gasteiger partial charge in [0.1, 0.15) is 0 Å². The Morgan fingerprint density at radius 3 is 2.35 bits per heavy atom. The van der Waals surface area contributed by atoms with Gasteiger partial charge in [-0.15, -0.1) is 0 Å². The first-order valence-electron chi connectivity index (χ1n) is 6.40. The Labute approximate surface area is 120 Å². The summed E-state index contributed by atoms with van der Waals surface area (Å²) < 4.78 is 32.0. The van der Waals surface area contributed by atoms with Crippen LogP contribution in [-0.4, -0.2) is 27.5 Å². The number of benzene rings is 1. The number of aryl methyl sites for hydroxylation is 1. The molecule has 0 aliphatic rings. The molecule has 0 bridgehead atoms. The molecule has 5 nitrogen and oxygen atoms in total. The summed E-state index contributed by atoms with van der Waals surface area (Å²) in [6, 6.07) is 4.30. The number of sulfonamides is 1. The molecule has 1 aromatic rings. The molecule has 1 N–H and O–H groups in total. The fraction of sp³-hybridized carbons (Fsp3) is 0.500. The average Bonchev–Trinajstić information content (AvgIpc) is 2.37. The smallest absolute Gasteiger partial charge is 0.337 e. The minimum absolute atomic E-state index is 0.105. The van der Waals surface area contributed by atoms with Crippen LogP contribution in [-0.2, 0) is 14.8 Å². The predicted molar refractivity (Wildman–Crippen MR) is 77.1 cm³/mol. The number of esters is 1. The van der Waals surface area contributed by atoms with Crippen LogP contribution in [0.5, 0.6) is 0 Å². The van der Waals surface area contributed by atoms with Crippen molar-refractivity contribution in [2.24, 2.45) is 5.92 Å². The first kappa shape index (κ1) is 16.7. The number of hydrogen-bond donors (Lipinski definition) is 1. The van der Waals surface area contributed by atoms with Gasteiger partial charge in [-0.1, -0.05) is 19.9 Å². The van der Waals surface area contributed by atoms with E-state index >= 15 is 0 Å². The fourth-order valence-electron chi connectivity index (χ4n) is 1.58. The standard InChI is InChI=1S/C14H21NO4S/c1-9(2)11(4)15-20(17,18)13-8-12(14(16)19-5)7-6-10(13)3/h6-9,11,15H,1-5H3/t11-/m1/s1. The molecule has 1 atom stereocenters. The second kappa shape index (κ2) is 6.37. The van der Waals surface area contributed by atoms with Gasteiger partial charge in [0.05, 0.1) is 17.6 Å². The van der Waals surface area contributed by atoms with Crippen molar-refractivity contribution in [2.75, 3.05) is 7.11 Å². The molecule has 0 heterocycles. The number of carbonyl (C=O) groups excluding carboxylic acids is 1. The van der Waals surface area contributed by atoms with E-state index < -0.39 is 16.0 Å². The molecule has 0 spiro atoms. The molecule has 0 aliphatic carbocycles. The van der Waals surface area contributed by atoms with Gasteiger partial charge in [-0.25, -0.2) is 17.9 Å². The summed E-state index contributed by atoms with van der Waals surface area (Å²) in [7, 11) is -2.40. The quantitative estimate of drug-likeness (QED) is 0.845. The van der Waals surface area contributed by atoms with Crippen molar-refractivity contribution < 1.29 is 17.9 Å². The number of hydrogen-bond acceptors (Lipinski definition) is 4. The number of nitrogens with one attached hydrogen (secondary N) is 1. The highest BCUT2D eigenvalue weighted by molar-refractivity contribution is 7.89. The Morgan fingerprint density at radius 2 is 1.85 bits per heavy atom. The van der Waals surface area contributed by atoms with E-state index in [2.05, 4.69) is 9.46 Å². The molecular formula is C14H21NO4S. The van der Waals surface area contributed by atoms with Crippen LogP contribution in [0.4, 0.5) is 0 Å². The van der Waals surface area contributed by atoms with Crippen LogP contribution in [0, 0.1) is 12.8 Å². The third-order valence-electron chi connectivity index (χ3n) is 3.24. The van der Waals surface area contributed by atoms with E-state index in [0.29, 0.717) is 5.56 Å². The first-order valence-corrected chi connectivity index (χ1v) is 7.88. The van der Waals surface area contributed by atoms with Crippen molar-refractivity contribution in [3.8, 4) is 0 Å². The molecular weight excluding hydrogens is 278 g/mol. The Hall–Kier alpha value is -1.40. The lowest BCUT2D eigenvalue weighted by atomic mass is 10.1. The fourth-order valence-corrected chi connectivity index (χ4v) is 3.24. The zero-order valence-electron chi connectivity index (χ0n) is 12.4. The number of rotatable bonds is 5. The van der Waals surface area contributed by atoms with Gasteiger partial charge < -0.3 is 4.74 Å². The van der Waals surface area contributed by atoms with E-state index in [-0.39, 0.29) is 22.4 Å². The predicted octanol–water partition coefficient (Wildman–Crippen LogP) is 2.10. The summed E-state index contributed by atoms with van der Waals surface area (Å²) in [6.45, 7) is 7.37. The maximum Gasteiger partial charge on any atom is 0.337 e. The van der Waals surface area contributed by atoms with E-state index in [4.69, 9.17) is 0 Å². The largest absolute Gasteiger partial charge is 0.465 e. The van der Waals surface area contributed by atoms with Crippen LogP contribution >= 0.6 is 0 Å². The van der Waals surface area contributed by atoms with Crippen LogP contribution in [0.1, 0.15) is 36.7 Å². The van der Waals surface area contributed by atoms with E-state index in [9.17, 15) is 13.2 Å². The van der Waals surface area contributed by atoms with Crippen molar-refractivity contribution in [3.05, 3.63) is 29.3 Å². The van der Waals surface area contributed by atoms with Gasteiger partial charge in [-0.05, 0) is 37.5 Å². The number of methoxy groups -OCH3 is 1. The summed E-state index contributed by atoms with van der Waals surface area (Å²) >= 11 is 0. The van der Waals surface area contributed by atoms with E-state index in [0.717, 1.165) is 0 Å². The zero-order valence-corrected chi connectivity index (χ0v) is 13.2. The Kier molecular flexibility index (Phi) is 5.30. The Balaban J connectivity index is 3.20. The maximum atomic E-state index is 12.4. The van der Waals surface area contributed by atoms with Gasteiger partial charge in [-0.3, -0.25) is 0 Å². The van der Waals surface area contributed by atoms with Crippen LogP contribution in [0.2, 0.25) is 0 Å². The SMILES string of the molecule is COC(=O)c1ccc(C)c(S(=O)(=O)N[C@H](C)C(C)C)c1. The summed E-state index contributed by atoms with van der Waals surface area (Å²) in [4.78, 5) is 11.6. The van der Waals surface area contributed by atoms with Crippen LogP contribution < -0.4 is 4.72 Å². The van der Waals surface area contributed by atoms with Gasteiger partial charge in [0.2, 0.25) is 10.0 Å². The van der Waals surface area contributed by atoms with Gasteiger partial charge in [0.25, 0.3) is 0 Å². The molecule has 1 aromatic carbocycles. The average molecular weight is 299 g/mol. The first-order chi connectivity index (χ1) is 9.19. The molecule has 0 radical (unpaired) electrons. The Morgan fingerprint density at radius 1 is 1.25 bits per heavy atom. The van der Waals surface area contributed by atoms with Gasteiger partial charge in [0.15, 0.2) is 0 Å². The molecule has 0 fully saturated rings. The highest BCUT2D eigenvalue weighted by Gasteiger charge is 2.22. The molecule has 112 valence electrons. The second-order valence-corrected chi connectivity index (χ2v) is 6.81. The molecule has 0 saturated carbocycles. The van der Waals surface area contributed by atoms with Crippen molar-refractivity contribution in [2.45, 2.75) is 38.6 Å². The van der Waals surface area contributed by atoms with Crippen molar-refractivity contribution in [3.63, 3.8) is 0 Å². The van der Waals surface area contributed by atoms with Gasteiger partial charge in [-0.2, -0.15) is 0 Å². The Bertz CT molecular complexity index is 593. The summed E-state index contributed by atoms with van der Waals surface area (Å²) in [6.07, 6.45) is 0. The van der Waals surface area contributed by atoms with Crippen LogP contribution in [0.25, 0.3) is 0 Å². The van der Waals surface area contributed by atoms with Gasteiger partial charge >= 0.3 is 5.97 Å². The van der Waals surface area contributed by atoms with E-state index in [1.165, 1.54) is 13.2 Å². The second-order valence-electron chi connectivity index (χ2n) is 5.13.